The number of anilines is 1. The Hall–Kier alpha value is -1.91. The molecule has 1 aromatic carbocycles. The van der Waals surface area contributed by atoms with Crippen LogP contribution in [-0.2, 0) is 19.4 Å². The molecule has 1 fully saturated rings. The van der Waals surface area contributed by atoms with Gasteiger partial charge in [-0.25, -0.2) is 0 Å². The summed E-state index contributed by atoms with van der Waals surface area (Å²) < 4.78 is 0. The van der Waals surface area contributed by atoms with Gasteiger partial charge in [0.1, 0.15) is 0 Å². The maximum absolute atomic E-state index is 4.86. The number of hydrogen-bond donors (Lipinski definition) is 1. The molecule has 0 unspecified atom stereocenters. The number of fused-ring (bicyclic) bond motifs is 2. The summed E-state index contributed by atoms with van der Waals surface area (Å²) >= 11 is 0. The van der Waals surface area contributed by atoms with Gasteiger partial charge < -0.3 is 10.2 Å². The molecule has 1 saturated heterocycles. The van der Waals surface area contributed by atoms with E-state index < -0.39 is 0 Å². The number of benzene rings is 1. The molecular formula is C26H36N4. The van der Waals surface area contributed by atoms with Crippen LogP contribution < -0.4 is 10.2 Å². The van der Waals surface area contributed by atoms with Crippen molar-refractivity contribution in [2.24, 2.45) is 0 Å². The van der Waals surface area contributed by atoms with Gasteiger partial charge in [0.15, 0.2) is 0 Å². The number of aromatic nitrogens is 1. The summed E-state index contributed by atoms with van der Waals surface area (Å²) in [5, 5.41) is 3.83. The second-order valence-electron chi connectivity index (χ2n) is 9.65. The molecule has 4 nitrogen and oxygen atoms in total. The highest BCUT2D eigenvalue weighted by atomic mass is 15.2. The average molecular weight is 405 g/mol. The SMILES string of the molecule is Cc1cnc2c(c1)CCC[C@@H]2N(C)C[C@H]1Cc2c(cccc2N2CCCCC2)CN1. The van der Waals surface area contributed by atoms with Gasteiger partial charge in [-0.15, -0.1) is 0 Å². The van der Waals surface area contributed by atoms with Gasteiger partial charge in [-0.3, -0.25) is 9.88 Å². The van der Waals surface area contributed by atoms with E-state index >= 15 is 0 Å². The van der Waals surface area contributed by atoms with E-state index in [0.717, 1.165) is 19.5 Å². The zero-order valence-corrected chi connectivity index (χ0v) is 18.7. The first-order valence-electron chi connectivity index (χ1n) is 11.9. The highest BCUT2D eigenvalue weighted by molar-refractivity contribution is 5.58. The highest BCUT2D eigenvalue weighted by Crippen LogP contribution is 2.34. The van der Waals surface area contributed by atoms with Gasteiger partial charge in [0.2, 0.25) is 0 Å². The summed E-state index contributed by atoms with van der Waals surface area (Å²) in [4.78, 5) is 10.1. The fourth-order valence-corrected chi connectivity index (χ4v) is 5.82. The van der Waals surface area contributed by atoms with E-state index in [1.165, 1.54) is 79.7 Å². The summed E-state index contributed by atoms with van der Waals surface area (Å²) in [5.74, 6) is 0. The van der Waals surface area contributed by atoms with E-state index in [1.807, 2.05) is 6.20 Å². The van der Waals surface area contributed by atoms with E-state index in [-0.39, 0.29) is 0 Å². The molecule has 2 aromatic rings. The molecule has 0 bridgehead atoms. The van der Waals surface area contributed by atoms with E-state index in [1.54, 1.807) is 5.56 Å². The second-order valence-corrected chi connectivity index (χ2v) is 9.65. The smallest absolute Gasteiger partial charge is 0.0607 e. The molecule has 1 N–H and O–H groups in total. The minimum Gasteiger partial charge on any atom is -0.371 e. The summed E-state index contributed by atoms with van der Waals surface area (Å²) in [6.07, 6.45) is 10.9. The second kappa shape index (κ2) is 8.68. The first kappa shape index (κ1) is 20.0. The predicted octanol–water partition coefficient (Wildman–Crippen LogP) is 4.40. The van der Waals surface area contributed by atoms with Crippen LogP contribution >= 0.6 is 0 Å². The fraction of sp³-hybridized carbons (Fsp3) is 0.577. The van der Waals surface area contributed by atoms with Gasteiger partial charge in [-0.2, -0.15) is 0 Å². The van der Waals surface area contributed by atoms with Crippen LogP contribution in [0.5, 0.6) is 0 Å². The van der Waals surface area contributed by atoms with Crippen LogP contribution in [0.2, 0.25) is 0 Å². The molecule has 0 saturated carbocycles. The Kier molecular flexibility index (Phi) is 5.79. The molecule has 5 rings (SSSR count). The lowest BCUT2D eigenvalue weighted by Crippen LogP contribution is -2.45. The topological polar surface area (TPSA) is 31.4 Å². The van der Waals surface area contributed by atoms with Crippen molar-refractivity contribution in [1.82, 2.24) is 15.2 Å². The van der Waals surface area contributed by atoms with Gasteiger partial charge in [-0.05, 0) is 87.2 Å². The van der Waals surface area contributed by atoms with Crippen molar-refractivity contribution in [3.63, 3.8) is 0 Å². The Morgan fingerprint density at radius 1 is 1.13 bits per heavy atom. The normalized spacial score (nSPS) is 23.9. The predicted molar refractivity (Wildman–Crippen MR) is 124 cm³/mol. The first-order chi connectivity index (χ1) is 14.7. The van der Waals surface area contributed by atoms with E-state index in [9.17, 15) is 0 Å². The summed E-state index contributed by atoms with van der Waals surface area (Å²) in [7, 11) is 2.30. The lowest BCUT2D eigenvalue weighted by molar-refractivity contribution is 0.191. The Bertz CT molecular complexity index is 887. The molecule has 0 amide bonds. The van der Waals surface area contributed by atoms with Gasteiger partial charge in [0, 0.05) is 44.1 Å². The molecule has 30 heavy (non-hydrogen) atoms. The lowest BCUT2D eigenvalue weighted by Gasteiger charge is -2.38. The highest BCUT2D eigenvalue weighted by Gasteiger charge is 2.29. The maximum atomic E-state index is 4.86. The summed E-state index contributed by atoms with van der Waals surface area (Å²) in [5.41, 5.74) is 8.66. The van der Waals surface area contributed by atoms with E-state index in [0.29, 0.717) is 12.1 Å². The molecule has 1 aromatic heterocycles. The molecule has 2 atom stereocenters. The minimum atomic E-state index is 0.454. The molecule has 2 aliphatic heterocycles. The number of rotatable bonds is 4. The monoisotopic (exact) mass is 404 g/mol. The number of hydrogen-bond acceptors (Lipinski definition) is 4. The van der Waals surface area contributed by atoms with Gasteiger partial charge in [0.05, 0.1) is 11.7 Å². The van der Waals surface area contributed by atoms with Gasteiger partial charge in [-0.1, -0.05) is 18.2 Å². The molecule has 3 aliphatic rings. The molecule has 3 heterocycles. The Morgan fingerprint density at radius 2 is 2.00 bits per heavy atom. The van der Waals surface area contributed by atoms with Gasteiger partial charge >= 0.3 is 0 Å². The summed E-state index contributed by atoms with van der Waals surface area (Å²) in [6, 6.07) is 10.2. The quantitative estimate of drug-likeness (QED) is 0.818. The fourth-order valence-electron chi connectivity index (χ4n) is 5.82. The van der Waals surface area contributed by atoms with E-state index in [4.69, 9.17) is 4.98 Å². The van der Waals surface area contributed by atoms with E-state index in [2.05, 4.69) is 53.4 Å². The van der Waals surface area contributed by atoms with Crippen LogP contribution in [0.25, 0.3) is 0 Å². The van der Waals surface area contributed by atoms with Crippen LogP contribution in [0.3, 0.4) is 0 Å². The van der Waals surface area contributed by atoms with Crippen LogP contribution in [-0.4, -0.2) is 42.6 Å². The number of aryl methyl sites for hydroxylation is 2. The molecule has 160 valence electrons. The van der Waals surface area contributed by atoms with Crippen molar-refractivity contribution >= 4 is 5.69 Å². The summed E-state index contributed by atoms with van der Waals surface area (Å²) in [6.45, 7) is 6.67. The Labute approximate surface area is 181 Å². The van der Waals surface area contributed by atoms with Crippen molar-refractivity contribution < 1.29 is 0 Å². The first-order valence-corrected chi connectivity index (χ1v) is 11.9. The molecule has 0 radical (unpaired) electrons. The van der Waals surface area contributed by atoms with Crippen molar-refractivity contribution in [2.75, 3.05) is 31.6 Å². The van der Waals surface area contributed by atoms with Crippen molar-refractivity contribution in [1.29, 1.82) is 0 Å². The zero-order valence-electron chi connectivity index (χ0n) is 18.7. The third-order valence-electron chi connectivity index (χ3n) is 7.39. The molecule has 4 heteroatoms. The Morgan fingerprint density at radius 3 is 2.87 bits per heavy atom. The van der Waals surface area contributed by atoms with Crippen molar-refractivity contribution in [2.45, 2.75) is 70.5 Å². The van der Waals surface area contributed by atoms with Crippen LogP contribution in [0.15, 0.2) is 30.5 Å². The third-order valence-corrected chi connectivity index (χ3v) is 7.39. The van der Waals surface area contributed by atoms with Crippen LogP contribution in [0.4, 0.5) is 5.69 Å². The van der Waals surface area contributed by atoms with Gasteiger partial charge in [0.25, 0.3) is 0 Å². The Balaban J connectivity index is 1.31. The average Bonchev–Trinajstić information content (AvgIpc) is 2.78. The number of piperidine rings is 1. The number of pyridine rings is 1. The third kappa shape index (κ3) is 4.00. The molecule has 1 aliphatic carbocycles. The lowest BCUT2D eigenvalue weighted by atomic mass is 9.89. The largest absolute Gasteiger partial charge is 0.371 e. The molecule has 0 spiro atoms. The zero-order chi connectivity index (χ0) is 20.5. The maximum Gasteiger partial charge on any atom is 0.0607 e. The van der Waals surface area contributed by atoms with Crippen molar-refractivity contribution in [3.05, 3.63) is 58.4 Å². The number of nitrogens with zero attached hydrogens (tertiary/aromatic N) is 3. The molecular weight excluding hydrogens is 368 g/mol. The van der Waals surface area contributed by atoms with Crippen LogP contribution in [0, 0.1) is 6.92 Å². The standard InChI is InChI=1S/C26H36N4/c1-19-14-20-8-6-11-25(26(20)28-16-19)29(2)18-22-15-23-21(17-27-22)9-7-10-24(23)30-12-4-3-5-13-30/h7,9-10,14,16,22,25,27H,3-6,8,11-13,15,17-18H2,1-2H3/t22-,25+/m1/s1. The van der Waals surface area contributed by atoms with Crippen molar-refractivity contribution in [3.8, 4) is 0 Å². The number of nitrogens with one attached hydrogen (secondary N) is 1. The minimum absolute atomic E-state index is 0.454. The number of likely N-dealkylation sites (N-methyl/N-ethyl adjacent to an activating group) is 1. The van der Waals surface area contributed by atoms with Crippen LogP contribution in [0.1, 0.15) is 66.1 Å².